The summed E-state index contributed by atoms with van der Waals surface area (Å²) in [5, 5.41) is 0. The number of carbonyl (C=O) groups excluding carboxylic acids is 2. The third-order valence-electron chi connectivity index (χ3n) is 4.53. The lowest BCUT2D eigenvalue weighted by Gasteiger charge is -2.06. The second-order valence-corrected chi connectivity index (χ2v) is 6.63. The van der Waals surface area contributed by atoms with E-state index in [-0.39, 0.29) is 11.5 Å². The highest BCUT2D eigenvalue weighted by molar-refractivity contribution is 6.14. The Kier molecular flexibility index (Phi) is 4.87. The maximum atomic E-state index is 12.6. The summed E-state index contributed by atoms with van der Waals surface area (Å²) in [6, 6.07) is 19.1. The number of methoxy groups -OCH3 is 1. The predicted molar refractivity (Wildman–Crippen MR) is 109 cm³/mol. The van der Waals surface area contributed by atoms with Crippen molar-refractivity contribution >= 4 is 17.8 Å². The number of ketones is 1. The molecule has 0 fully saturated rings. The van der Waals surface area contributed by atoms with Gasteiger partial charge in [-0.15, -0.1) is 0 Å². The number of benzene rings is 3. The third-order valence-corrected chi connectivity index (χ3v) is 4.53. The molecular formula is C24H18O5. The first-order chi connectivity index (χ1) is 14.0. The minimum atomic E-state index is -0.442. The van der Waals surface area contributed by atoms with Crippen LogP contribution in [-0.2, 0) is 0 Å². The van der Waals surface area contributed by atoms with E-state index in [0.717, 1.165) is 5.56 Å². The lowest BCUT2D eigenvalue weighted by molar-refractivity contribution is 0.0734. The van der Waals surface area contributed by atoms with Crippen molar-refractivity contribution < 1.29 is 23.8 Å². The fraction of sp³-hybridized carbons (Fsp3) is 0.0833. The summed E-state index contributed by atoms with van der Waals surface area (Å²) in [5.41, 5.74) is 2.70. The smallest absolute Gasteiger partial charge is 0.343 e. The van der Waals surface area contributed by atoms with Gasteiger partial charge < -0.3 is 14.2 Å². The molecule has 0 radical (unpaired) electrons. The van der Waals surface area contributed by atoms with Crippen molar-refractivity contribution in [3.05, 3.63) is 94.7 Å². The molecule has 29 heavy (non-hydrogen) atoms. The van der Waals surface area contributed by atoms with Crippen LogP contribution in [0.4, 0.5) is 0 Å². The molecule has 3 aromatic rings. The summed E-state index contributed by atoms with van der Waals surface area (Å²) in [6.07, 6.45) is 1.62. The Morgan fingerprint density at radius 3 is 2.52 bits per heavy atom. The summed E-state index contributed by atoms with van der Waals surface area (Å²) >= 11 is 0. The number of aryl methyl sites for hydroxylation is 1. The van der Waals surface area contributed by atoms with Crippen LogP contribution >= 0.6 is 0 Å². The van der Waals surface area contributed by atoms with Gasteiger partial charge in [-0.3, -0.25) is 4.79 Å². The highest BCUT2D eigenvalue weighted by Crippen LogP contribution is 2.35. The van der Waals surface area contributed by atoms with Crippen molar-refractivity contribution in [2.45, 2.75) is 6.92 Å². The number of allylic oxidation sites excluding steroid dienone is 1. The van der Waals surface area contributed by atoms with Gasteiger partial charge in [0, 0.05) is 6.07 Å². The van der Waals surface area contributed by atoms with Crippen LogP contribution in [0, 0.1) is 6.92 Å². The number of rotatable bonds is 4. The van der Waals surface area contributed by atoms with E-state index in [1.54, 1.807) is 67.8 Å². The van der Waals surface area contributed by atoms with Gasteiger partial charge in [-0.2, -0.15) is 0 Å². The van der Waals surface area contributed by atoms with E-state index >= 15 is 0 Å². The van der Waals surface area contributed by atoms with E-state index in [0.29, 0.717) is 33.9 Å². The average molecular weight is 386 g/mol. The van der Waals surface area contributed by atoms with Gasteiger partial charge in [0.15, 0.2) is 5.76 Å². The zero-order valence-electron chi connectivity index (χ0n) is 16.0. The van der Waals surface area contributed by atoms with Crippen LogP contribution in [0.3, 0.4) is 0 Å². The number of Topliss-reactive ketones (excluding diaryl/α,β-unsaturated/α-hetero) is 1. The van der Waals surface area contributed by atoms with Gasteiger partial charge >= 0.3 is 5.97 Å². The molecule has 0 saturated heterocycles. The number of fused-ring (bicyclic) bond motifs is 1. The van der Waals surface area contributed by atoms with Crippen LogP contribution in [-0.4, -0.2) is 18.9 Å². The molecule has 0 N–H and O–H groups in total. The van der Waals surface area contributed by atoms with Gasteiger partial charge in [-0.25, -0.2) is 4.79 Å². The minimum Gasteiger partial charge on any atom is -0.497 e. The lowest BCUT2D eigenvalue weighted by Crippen LogP contribution is -2.08. The number of esters is 1. The normalized spacial score (nSPS) is 13.7. The van der Waals surface area contributed by atoms with Crippen molar-refractivity contribution in [3.63, 3.8) is 0 Å². The van der Waals surface area contributed by atoms with Gasteiger partial charge in [0.25, 0.3) is 0 Å². The fourth-order valence-corrected chi connectivity index (χ4v) is 2.97. The number of hydrogen-bond acceptors (Lipinski definition) is 5. The Labute approximate surface area is 168 Å². The van der Waals surface area contributed by atoms with E-state index in [1.165, 1.54) is 0 Å². The molecule has 0 saturated carbocycles. The molecule has 1 heterocycles. The molecule has 1 aliphatic heterocycles. The van der Waals surface area contributed by atoms with E-state index in [2.05, 4.69) is 0 Å². The summed E-state index contributed by atoms with van der Waals surface area (Å²) in [4.78, 5) is 24.9. The monoisotopic (exact) mass is 386 g/mol. The van der Waals surface area contributed by atoms with Gasteiger partial charge in [0.1, 0.15) is 17.2 Å². The first-order valence-corrected chi connectivity index (χ1v) is 9.05. The molecule has 0 unspecified atom stereocenters. The fourth-order valence-electron chi connectivity index (χ4n) is 2.97. The van der Waals surface area contributed by atoms with Gasteiger partial charge in [0.05, 0.1) is 18.2 Å². The Morgan fingerprint density at radius 1 is 0.966 bits per heavy atom. The largest absolute Gasteiger partial charge is 0.497 e. The number of ether oxygens (including phenoxy) is 3. The quantitative estimate of drug-likeness (QED) is 0.365. The second-order valence-electron chi connectivity index (χ2n) is 6.63. The highest BCUT2D eigenvalue weighted by Gasteiger charge is 2.27. The standard InChI is InChI=1S/C24H18O5/c1-15-6-8-17(9-7-15)24(26)28-19-5-3-4-16(12-19)13-22-23(25)20-11-10-18(27-2)14-21(20)29-22/h3-14H,1-2H3/b22-13-. The first kappa shape index (κ1) is 18.5. The SMILES string of the molecule is COc1ccc2c(c1)O/C(=C\c1cccc(OC(=O)c3ccc(C)cc3)c1)C2=O. The Bertz CT molecular complexity index is 1130. The molecule has 0 amide bonds. The van der Waals surface area contributed by atoms with Crippen molar-refractivity contribution in [2.24, 2.45) is 0 Å². The first-order valence-electron chi connectivity index (χ1n) is 9.05. The van der Waals surface area contributed by atoms with Crippen LogP contribution in [0.25, 0.3) is 6.08 Å². The molecular weight excluding hydrogens is 368 g/mol. The maximum absolute atomic E-state index is 12.6. The Hall–Kier alpha value is -3.86. The Balaban J connectivity index is 1.54. The van der Waals surface area contributed by atoms with Crippen molar-refractivity contribution in [1.82, 2.24) is 0 Å². The zero-order valence-corrected chi connectivity index (χ0v) is 16.0. The second kappa shape index (κ2) is 7.64. The van der Waals surface area contributed by atoms with Crippen LogP contribution in [0.1, 0.15) is 31.8 Å². The molecule has 5 nitrogen and oxygen atoms in total. The molecule has 0 aromatic heterocycles. The lowest BCUT2D eigenvalue weighted by atomic mass is 10.1. The molecule has 0 bridgehead atoms. The van der Waals surface area contributed by atoms with Crippen LogP contribution < -0.4 is 14.2 Å². The van der Waals surface area contributed by atoms with Gasteiger partial charge in [-0.1, -0.05) is 29.8 Å². The van der Waals surface area contributed by atoms with Crippen LogP contribution in [0.15, 0.2) is 72.5 Å². The molecule has 0 spiro atoms. The molecule has 0 aliphatic carbocycles. The summed E-state index contributed by atoms with van der Waals surface area (Å²) < 4.78 is 16.3. The van der Waals surface area contributed by atoms with E-state index in [1.807, 2.05) is 19.1 Å². The minimum absolute atomic E-state index is 0.204. The van der Waals surface area contributed by atoms with Crippen LogP contribution in [0.5, 0.6) is 17.2 Å². The average Bonchev–Trinajstić information content (AvgIpc) is 3.03. The molecule has 1 aliphatic rings. The Morgan fingerprint density at radius 2 is 1.76 bits per heavy atom. The summed E-state index contributed by atoms with van der Waals surface area (Å²) in [6.45, 7) is 1.95. The third kappa shape index (κ3) is 3.89. The topological polar surface area (TPSA) is 61.8 Å². The zero-order chi connectivity index (χ0) is 20.4. The molecule has 144 valence electrons. The van der Waals surface area contributed by atoms with E-state index in [4.69, 9.17) is 14.2 Å². The molecule has 4 rings (SSSR count). The van der Waals surface area contributed by atoms with Crippen LogP contribution in [0.2, 0.25) is 0 Å². The van der Waals surface area contributed by atoms with E-state index in [9.17, 15) is 9.59 Å². The van der Waals surface area contributed by atoms with E-state index < -0.39 is 5.97 Å². The predicted octanol–water partition coefficient (Wildman–Crippen LogP) is 4.84. The van der Waals surface area contributed by atoms with Gasteiger partial charge in [-0.05, 0) is 55.0 Å². The van der Waals surface area contributed by atoms with Crippen molar-refractivity contribution in [2.75, 3.05) is 7.11 Å². The number of hydrogen-bond donors (Lipinski definition) is 0. The number of carbonyl (C=O) groups is 2. The molecule has 5 heteroatoms. The molecule has 3 aromatic carbocycles. The highest BCUT2D eigenvalue weighted by atomic mass is 16.5. The van der Waals surface area contributed by atoms with Gasteiger partial charge in [0.2, 0.25) is 5.78 Å². The summed E-state index contributed by atoms with van der Waals surface area (Å²) in [7, 11) is 1.55. The molecule has 0 atom stereocenters. The van der Waals surface area contributed by atoms with Crippen molar-refractivity contribution in [3.8, 4) is 17.2 Å². The maximum Gasteiger partial charge on any atom is 0.343 e. The van der Waals surface area contributed by atoms with Crippen molar-refractivity contribution in [1.29, 1.82) is 0 Å². The summed E-state index contributed by atoms with van der Waals surface area (Å²) in [5.74, 6) is 1.02.